The van der Waals surface area contributed by atoms with E-state index in [1.807, 2.05) is 13.8 Å². The predicted molar refractivity (Wildman–Crippen MR) is 75.0 cm³/mol. The van der Waals surface area contributed by atoms with Gasteiger partial charge in [-0.2, -0.15) is 0 Å². The maximum atomic E-state index is 9.57. The topological polar surface area (TPSA) is 29.5 Å². The number of rotatable bonds is 3. The number of halogens is 1. The molecule has 1 aromatic carbocycles. The number of methoxy groups -OCH3 is 1. The van der Waals surface area contributed by atoms with Gasteiger partial charge in [0.05, 0.1) is 13.7 Å². The smallest absolute Gasteiger partial charge is 0.126 e. The van der Waals surface area contributed by atoms with Crippen LogP contribution in [0.4, 0.5) is 0 Å². The lowest BCUT2D eigenvalue weighted by Crippen LogP contribution is -2.25. The van der Waals surface area contributed by atoms with Gasteiger partial charge < -0.3 is 9.84 Å². The Kier molecular flexibility index (Phi) is 4.26. The fraction of sp³-hybridized carbons (Fsp3) is 0.571. The summed E-state index contributed by atoms with van der Waals surface area (Å²) in [7, 11) is 1.69. The van der Waals surface area contributed by atoms with Crippen LogP contribution in [-0.4, -0.2) is 18.8 Å². The maximum absolute atomic E-state index is 9.57. The first kappa shape index (κ1) is 14.5. The highest BCUT2D eigenvalue weighted by Gasteiger charge is 2.29. The van der Waals surface area contributed by atoms with E-state index in [9.17, 15) is 5.11 Å². The molecule has 0 bridgehead atoms. The molecule has 0 saturated heterocycles. The third-order valence-electron chi connectivity index (χ3n) is 3.44. The van der Waals surface area contributed by atoms with Crippen molar-refractivity contribution in [3.8, 4) is 5.75 Å². The zero-order valence-corrected chi connectivity index (χ0v) is 13.0. The summed E-state index contributed by atoms with van der Waals surface area (Å²) in [5.41, 5.74) is 4.23. The zero-order chi connectivity index (χ0) is 13.4. The molecule has 0 unspecified atom stereocenters. The minimum Gasteiger partial charge on any atom is -0.496 e. The van der Waals surface area contributed by atoms with Crippen LogP contribution in [-0.2, 0) is 5.41 Å². The van der Waals surface area contributed by atoms with Crippen molar-refractivity contribution in [3.63, 3.8) is 0 Å². The van der Waals surface area contributed by atoms with Crippen LogP contribution >= 0.6 is 15.9 Å². The van der Waals surface area contributed by atoms with Crippen LogP contribution in [0.2, 0.25) is 0 Å². The molecule has 0 aliphatic heterocycles. The summed E-state index contributed by atoms with van der Waals surface area (Å²) >= 11 is 3.63. The Morgan fingerprint density at radius 1 is 1.12 bits per heavy atom. The van der Waals surface area contributed by atoms with Gasteiger partial charge in [0.15, 0.2) is 0 Å². The fourth-order valence-electron chi connectivity index (χ4n) is 2.23. The average molecular weight is 301 g/mol. The van der Waals surface area contributed by atoms with Crippen molar-refractivity contribution in [1.29, 1.82) is 0 Å². The third-order valence-corrected chi connectivity index (χ3v) is 4.63. The van der Waals surface area contributed by atoms with Crippen LogP contribution in [0.5, 0.6) is 5.75 Å². The van der Waals surface area contributed by atoms with Gasteiger partial charge in [-0.05, 0) is 37.5 Å². The van der Waals surface area contributed by atoms with Crippen molar-refractivity contribution < 1.29 is 9.84 Å². The van der Waals surface area contributed by atoms with Crippen LogP contribution in [0.1, 0.15) is 36.1 Å². The molecule has 0 spiro atoms. The summed E-state index contributed by atoms with van der Waals surface area (Å²) < 4.78 is 6.65. The van der Waals surface area contributed by atoms with E-state index in [0.717, 1.165) is 26.9 Å². The second-order valence-corrected chi connectivity index (χ2v) is 5.93. The molecule has 3 heteroatoms. The van der Waals surface area contributed by atoms with Gasteiger partial charge in [0.25, 0.3) is 0 Å². The fourth-order valence-corrected chi connectivity index (χ4v) is 2.73. The molecule has 0 aliphatic carbocycles. The lowest BCUT2D eigenvalue weighted by atomic mass is 9.80. The zero-order valence-electron chi connectivity index (χ0n) is 11.4. The van der Waals surface area contributed by atoms with Gasteiger partial charge >= 0.3 is 0 Å². The molecule has 0 saturated carbocycles. The SMILES string of the molecule is COc1c(C)c(C)c(Br)c(C)c1C(C)(C)CO. The van der Waals surface area contributed by atoms with Gasteiger partial charge in [-0.25, -0.2) is 0 Å². The molecule has 1 aromatic rings. The van der Waals surface area contributed by atoms with Gasteiger partial charge in [0, 0.05) is 15.5 Å². The highest BCUT2D eigenvalue weighted by atomic mass is 79.9. The Hall–Kier alpha value is -0.540. The van der Waals surface area contributed by atoms with Crippen LogP contribution < -0.4 is 4.74 Å². The largest absolute Gasteiger partial charge is 0.496 e. The Bertz CT molecular complexity index is 437. The highest BCUT2D eigenvalue weighted by molar-refractivity contribution is 9.10. The summed E-state index contributed by atoms with van der Waals surface area (Å²) in [5.74, 6) is 0.891. The molecule has 1 N–H and O–H groups in total. The molecule has 0 aromatic heterocycles. The van der Waals surface area contributed by atoms with E-state index in [0.29, 0.717) is 0 Å². The van der Waals surface area contributed by atoms with Crippen molar-refractivity contribution in [2.75, 3.05) is 13.7 Å². The Morgan fingerprint density at radius 3 is 2.06 bits per heavy atom. The van der Waals surface area contributed by atoms with E-state index in [2.05, 4.69) is 36.7 Å². The first-order valence-electron chi connectivity index (χ1n) is 5.72. The molecule has 0 radical (unpaired) electrons. The molecule has 0 fully saturated rings. The number of aliphatic hydroxyl groups is 1. The highest BCUT2D eigenvalue weighted by Crippen LogP contribution is 2.42. The maximum Gasteiger partial charge on any atom is 0.126 e. The Labute approximate surface area is 112 Å². The summed E-state index contributed by atoms with van der Waals surface area (Å²) in [4.78, 5) is 0. The van der Waals surface area contributed by atoms with Crippen molar-refractivity contribution >= 4 is 15.9 Å². The molecule has 0 heterocycles. The van der Waals surface area contributed by atoms with E-state index < -0.39 is 0 Å². The number of benzene rings is 1. The Morgan fingerprint density at radius 2 is 1.65 bits per heavy atom. The molecule has 0 amide bonds. The van der Waals surface area contributed by atoms with Crippen molar-refractivity contribution in [2.24, 2.45) is 0 Å². The standard InChI is InChI=1S/C14H21BrO2/c1-8-9(2)13(17-6)11(10(3)12(8)15)14(4,5)7-16/h16H,7H2,1-6H3. The van der Waals surface area contributed by atoms with Crippen molar-refractivity contribution in [1.82, 2.24) is 0 Å². The minimum absolute atomic E-state index is 0.0964. The second kappa shape index (κ2) is 4.99. The van der Waals surface area contributed by atoms with Crippen LogP contribution in [0.3, 0.4) is 0 Å². The summed E-state index contributed by atoms with van der Waals surface area (Å²) in [5, 5.41) is 9.57. The monoisotopic (exact) mass is 300 g/mol. The molecule has 1 rings (SSSR count). The summed E-state index contributed by atoms with van der Waals surface area (Å²) in [6.07, 6.45) is 0. The van der Waals surface area contributed by atoms with Gasteiger partial charge in [0.2, 0.25) is 0 Å². The van der Waals surface area contributed by atoms with E-state index in [-0.39, 0.29) is 12.0 Å². The molecule has 0 atom stereocenters. The van der Waals surface area contributed by atoms with E-state index >= 15 is 0 Å². The van der Waals surface area contributed by atoms with Gasteiger partial charge in [-0.3, -0.25) is 0 Å². The van der Waals surface area contributed by atoms with Crippen molar-refractivity contribution in [2.45, 2.75) is 40.0 Å². The van der Waals surface area contributed by atoms with E-state index in [4.69, 9.17) is 4.74 Å². The predicted octanol–water partition coefficient (Wildman–Crippen LogP) is 3.65. The summed E-state index contributed by atoms with van der Waals surface area (Å²) in [6, 6.07) is 0. The molecular weight excluding hydrogens is 280 g/mol. The molecule has 0 aliphatic rings. The Balaban J connectivity index is 3.70. The number of hydrogen-bond acceptors (Lipinski definition) is 2. The van der Waals surface area contributed by atoms with Crippen molar-refractivity contribution in [3.05, 3.63) is 26.7 Å². The molecule has 96 valence electrons. The number of aliphatic hydroxyl groups excluding tert-OH is 1. The van der Waals surface area contributed by atoms with Gasteiger partial charge in [0.1, 0.15) is 5.75 Å². The van der Waals surface area contributed by atoms with Gasteiger partial charge in [-0.1, -0.05) is 29.8 Å². The molecular formula is C14H21BrO2. The quantitative estimate of drug-likeness (QED) is 0.923. The second-order valence-electron chi connectivity index (χ2n) is 5.14. The average Bonchev–Trinajstić information content (AvgIpc) is 2.30. The number of ether oxygens (including phenoxy) is 1. The molecule has 17 heavy (non-hydrogen) atoms. The third kappa shape index (κ3) is 2.36. The van der Waals surface area contributed by atoms with Crippen LogP contribution in [0.15, 0.2) is 4.47 Å². The first-order chi connectivity index (χ1) is 7.77. The van der Waals surface area contributed by atoms with Gasteiger partial charge in [-0.15, -0.1) is 0 Å². The summed E-state index contributed by atoms with van der Waals surface area (Å²) in [6.45, 7) is 10.3. The lowest BCUT2D eigenvalue weighted by molar-refractivity contribution is 0.214. The lowest BCUT2D eigenvalue weighted by Gasteiger charge is -2.29. The van der Waals surface area contributed by atoms with Crippen LogP contribution in [0.25, 0.3) is 0 Å². The number of hydrogen-bond donors (Lipinski definition) is 1. The minimum atomic E-state index is -0.309. The first-order valence-corrected chi connectivity index (χ1v) is 6.51. The van der Waals surface area contributed by atoms with E-state index in [1.54, 1.807) is 7.11 Å². The van der Waals surface area contributed by atoms with Crippen LogP contribution in [0, 0.1) is 20.8 Å². The van der Waals surface area contributed by atoms with E-state index in [1.165, 1.54) is 5.56 Å². The normalized spacial score (nSPS) is 11.8. The molecule has 2 nitrogen and oxygen atoms in total.